The summed E-state index contributed by atoms with van der Waals surface area (Å²) >= 11 is 0. The van der Waals surface area contributed by atoms with Crippen molar-refractivity contribution in [3.05, 3.63) is 78.6 Å². The lowest BCUT2D eigenvalue weighted by Crippen LogP contribution is -2.23. The maximum Gasteiger partial charge on any atom is 0.153 e. The van der Waals surface area contributed by atoms with Crippen LogP contribution in [0, 0.1) is 0 Å². The van der Waals surface area contributed by atoms with Crippen molar-refractivity contribution in [2.45, 2.75) is 6.04 Å². The molecule has 1 heterocycles. The molecule has 0 fully saturated rings. The maximum absolute atomic E-state index is 5.94. The molecule has 1 aliphatic carbocycles. The van der Waals surface area contributed by atoms with E-state index in [9.17, 15) is 0 Å². The van der Waals surface area contributed by atoms with Crippen LogP contribution >= 0.6 is 0 Å². The van der Waals surface area contributed by atoms with Crippen molar-refractivity contribution in [2.75, 3.05) is 5.32 Å². The quantitative estimate of drug-likeness (QED) is 0.895. The first-order chi connectivity index (χ1) is 10.4. The van der Waals surface area contributed by atoms with Gasteiger partial charge in [-0.3, -0.25) is 0 Å². The number of nitrogens with one attached hydrogen (secondary N) is 1. The standard InChI is InChI=1S/C18H14N2O/c1-2-6-13(7-3-1)19-14-10-11-16-18(12-14)21-17-9-5-4-8-15(17)20-16/h1-12,14,19H. The van der Waals surface area contributed by atoms with E-state index in [1.54, 1.807) is 0 Å². The number of benzene rings is 2. The molecule has 0 bridgehead atoms. The third-order valence-corrected chi connectivity index (χ3v) is 3.48. The van der Waals surface area contributed by atoms with Gasteiger partial charge in [0.1, 0.15) is 11.4 Å². The molecule has 2 aliphatic rings. The number of aliphatic imine (C=N–C) groups is 1. The van der Waals surface area contributed by atoms with Crippen molar-refractivity contribution in [3.8, 4) is 5.75 Å². The van der Waals surface area contributed by atoms with E-state index in [2.05, 4.69) is 22.5 Å². The number of rotatable bonds is 2. The van der Waals surface area contributed by atoms with E-state index in [4.69, 9.17) is 4.74 Å². The van der Waals surface area contributed by atoms with Crippen LogP contribution in [0.15, 0.2) is 83.6 Å². The maximum atomic E-state index is 5.94. The normalized spacial score (nSPS) is 18.8. The third-order valence-electron chi connectivity index (χ3n) is 3.48. The molecule has 2 aromatic carbocycles. The van der Waals surface area contributed by atoms with Crippen molar-refractivity contribution in [1.29, 1.82) is 0 Å². The SMILES string of the molecule is C1=CC(Nc2ccccc2)C=C2Oc3ccccc3N=C12. The molecule has 1 atom stereocenters. The Morgan fingerprint density at radius 2 is 1.76 bits per heavy atom. The van der Waals surface area contributed by atoms with Gasteiger partial charge >= 0.3 is 0 Å². The summed E-state index contributed by atoms with van der Waals surface area (Å²) in [5.74, 6) is 1.62. The average molecular weight is 274 g/mol. The molecule has 0 aromatic heterocycles. The minimum Gasteiger partial charge on any atom is -0.453 e. The number of nitrogens with zero attached hydrogens (tertiary/aromatic N) is 1. The van der Waals surface area contributed by atoms with Gasteiger partial charge in [0, 0.05) is 5.69 Å². The summed E-state index contributed by atoms with van der Waals surface area (Å²) in [5, 5.41) is 3.44. The first-order valence-electron chi connectivity index (χ1n) is 6.96. The molecule has 1 aliphatic heterocycles. The smallest absolute Gasteiger partial charge is 0.153 e. The Morgan fingerprint density at radius 1 is 0.952 bits per heavy atom. The Hall–Kier alpha value is -2.81. The second-order valence-electron chi connectivity index (χ2n) is 4.99. The first-order valence-corrected chi connectivity index (χ1v) is 6.96. The molecular weight excluding hydrogens is 260 g/mol. The van der Waals surface area contributed by atoms with Crippen LogP contribution in [0.4, 0.5) is 11.4 Å². The van der Waals surface area contributed by atoms with Crippen LogP contribution in [0.5, 0.6) is 5.75 Å². The molecule has 0 radical (unpaired) electrons. The van der Waals surface area contributed by atoms with Crippen molar-refractivity contribution in [2.24, 2.45) is 4.99 Å². The molecule has 102 valence electrons. The zero-order chi connectivity index (χ0) is 14.1. The van der Waals surface area contributed by atoms with Crippen LogP contribution in [-0.4, -0.2) is 11.8 Å². The molecule has 2 aromatic rings. The minimum atomic E-state index is 0.103. The largest absolute Gasteiger partial charge is 0.453 e. The number of fused-ring (bicyclic) bond motifs is 2. The fraction of sp³-hybridized carbons (Fsp3) is 0.0556. The highest BCUT2D eigenvalue weighted by molar-refractivity contribution is 6.10. The van der Waals surface area contributed by atoms with Gasteiger partial charge in [0.25, 0.3) is 0 Å². The lowest BCUT2D eigenvalue weighted by Gasteiger charge is -2.23. The van der Waals surface area contributed by atoms with E-state index in [1.807, 2.05) is 60.7 Å². The summed E-state index contributed by atoms with van der Waals surface area (Å²) in [6.07, 6.45) is 6.15. The Kier molecular flexibility index (Phi) is 2.82. The van der Waals surface area contributed by atoms with Gasteiger partial charge in [-0.05, 0) is 36.4 Å². The highest BCUT2D eigenvalue weighted by Gasteiger charge is 2.21. The number of anilines is 1. The predicted molar refractivity (Wildman–Crippen MR) is 85.2 cm³/mol. The number of allylic oxidation sites excluding steroid dienone is 1. The van der Waals surface area contributed by atoms with Crippen molar-refractivity contribution in [1.82, 2.24) is 0 Å². The Morgan fingerprint density at radius 3 is 2.67 bits per heavy atom. The van der Waals surface area contributed by atoms with Crippen LogP contribution in [0.3, 0.4) is 0 Å². The van der Waals surface area contributed by atoms with Gasteiger partial charge in [0.15, 0.2) is 11.5 Å². The lowest BCUT2D eigenvalue weighted by atomic mass is 10.1. The Labute approximate surface area is 123 Å². The molecule has 1 N–H and O–H groups in total. The molecule has 0 amide bonds. The highest BCUT2D eigenvalue weighted by atomic mass is 16.5. The van der Waals surface area contributed by atoms with Gasteiger partial charge in [-0.15, -0.1) is 0 Å². The zero-order valence-corrected chi connectivity index (χ0v) is 11.4. The first kappa shape index (κ1) is 12.0. The van der Waals surface area contributed by atoms with Gasteiger partial charge in [0.05, 0.1) is 6.04 Å². The molecule has 0 spiro atoms. The summed E-state index contributed by atoms with van der Waals surface area (Å²) in [4.78, 5) is 4.62. The third kappa shape index (κ3) is 2.34. The predicted octanol–water partition coefficient (Wildman–Crippen LogP) is 4.09. The van der Waals surface area contributed by atoms with E-state index < -0.39 is 0 Å². The van der Waals surface area contributed by atoms with Crippen LogP contribution in [-0.2, 0) is 0 Å². The van der Waals surface area contributed by atoms with Gasteiger partial charge < -0.3 is 10.1 Å². The van der Waals surface area contributed by atoms with Crippen LogP contribution in [0.2, 0.25) is 0 Å². The van der Waals surface area contributed by atoms with Crippen LogP contribution in [0.25, 0.3) is 0 Å². The van der Waals surface area contributed by atoms with E-state index in [-0.39, 0.29) is 6.04 Å². The van der Waals surface area contributed by atoms with Gasteiger partial charge in [-0.25, -0.2) is 4.99 Å². The second kappa shape index (κ2) is 4.94. The highest BCUT2D eigenvalue weighted by Crippen LogP contribution is 2.34. The number of hydrogen-bond donors (Lipinski definition) is 1. The summed E-state index contributed by atoms with van der Waals surface area (Å²) in [5.41, 5.74) is 2.84. The summed E-state index contributed by atoms with van der Waals surface area (Å²) in [6.45, 7) is 0. The summed E-state index contributed by atoms with van der Waals surface area (Å²) < 4.78 is 5.94. The fourth-order valence-corrected chi connectivity index (χ4v) is 2.46. The van der Waals surface area contributed by atoms with Gasteiger partial charge in [0.2, 0.25) is 0 Å². The van der Waals surface area contributed by atoms with E-state index in [0.29, 0.717) is 0 Å². The van der Waals surface area contributed by atoms with Crippen LogP contribution < -0.4 is 10.1 Å². The van der Waals surface area contributed by atoms with Crippen molar-refractivity contribution in [3.63, 3.8) is 0 Å². The number of hydrogen-bond acceptors (Lipinski definition) is 3. The number of ether oxygens (including phenoxy) is 1. The second-order valence-corrected chi connectivity index (χ2v) is 4.99. The molecular formula is C18H14N2O. The molecule has 1 unspecified atom stereocenters. The summed E-state index contributed by atoms with van der Waals surface area (Å²) in [7, 11) is 0. The van der Waals surface area contributed by atoms with Gasteiger partial charge in [-0.2, -0.15) is 0 Å². The molecule has 4 rings (SSSR count). The van der Waals surface area contributed by atoms with Crippen molar-refractivity contribution < 1.29 is 4.74 Å². The summed E-state index contributed by atoms with van der Waals surface area (Å²) in [6, 6.07) is 18.1. The molecule has 0 saturated carbocycles. The Bertz CT molecular complexity index is 760. The lowest BCUT2D eigenvalue weighted by molar-refractivity contribution is 0.447. The topological polar surface area (TPSA) is 33.6 Å². The van der Waals surface area contributed by atoms with E-state index in [0.717, 1.165) is 28.6 Å². The Balaban J connectivity index is 1.61. The monoisotopic (exact) mass is 274 g/mol. The van der Waals surface area contributed by atoms with Crippen molar-refractivity contribution >= 4 is 17.1 Å². The minimum absolute atomic E-state index is 0.103. The number of para-hydroxylation sites is 3. The zero-order valence-electron chi connectivity index (χ0n) is 11.4. The van der Waals surface area contributed by atoms with Gasteiger partial charge in [-0.1, -0.05) is 36.4 Å². The molecule has 3 heteroatoms. The van der Waals surface area contributed by atoms with E-state index in [1.165, 1.54) is 0 Å². The average Bonchev–Trinajstić information content (AvgIpc) is 2.54. The van der Waals surface area contributed by atoms with E-state index >= 15 is 0 Å². The molecule has 3 nitrogen and oxygen atoms in total. The van der Waals surface area contributed by atoms with Crippen LogP contribution in [0.1, 0.15) is 0 Å². The molecule has 21 heavy (non-hydrogen) atoms. The molecule has 0 saturated heterocycles. The fourth-order valence-electron chi connectivity index (χ4n) is 2.46.